The third kappa shape index (κ3) is 4.08. The molecule has 2 heterocycles. The second kappa shape index (κ2) is 7.64. The Kier molecular flexibility index (Phi) is 5.51. The molecule has 0 bridgehead atoms. The highest BCUT2D eigenvalue weighted by Crippen LogP contribution is 2.29. The molecule has 5 nitrogen and oxygen atoms in total. The minimum absolute atomic E-state index is 0.0712. The molecule has 0 saturated carbocycles. The lowest BCUT2D eigenvalue weighted by atomic mass is 9.99. The van der Waals surface area contributed by atoms with Gasteiger partial charge in [-0.3, -0.25) is 9.69 Å². The van der Waals surface area contributed by atoms with E-state index in [0.717, 1.165) is 30.6 Å². The predicted octanol–water partition coefficient (Wildman–Crippen LogP) is 3.13. The van der Waals surface area contributed by atoms with Gasteiger partial charge in [0.1, 0.15) is 0 Å². The zero-order chi connectivity index (χ0) is 18.0. The van der Waals surface area contributed by atoms with Crippen LogP contribution >= 0.6 is 11.3 Å². The number of hydrogen-bond donors (Lipinski definition) is 2. The number of nitrogens with zero attached hydrogens (tertiary/aromatic N) is 2. The number of nitrogens with one attached hydrogen (secondary N) is 1. The van der Waals surface area contributed by atoms with Gasteiger partial charge in [-0.15, -0.1) is 11.3 Å². The molecule has 0 unspecified atom stereocenters. The number of carbonyl (C=O) groups excluding carboxylic acids is 1. The Bertz CT molecular complexity index is 772. The molecule has 1 aliphatic rings. The van der Waals surface area contributed by atoms with Crippen molar-refractivity contribution in [1.82, 2.24) is 9.88 Å². The molecule has 1 fully saturated rings. The Morgan fingerprint density at radius 3 is 2.84 bits per heavy atom. The molecule has 1 aromatic carbocycles. The van der Waals surface area contributed by atoms with Crippen LogP contribution in [0.2, 0.25) is 0 Å². The summed E-state index contributed by atoms with van der Waals surface area (Å²) >= 11 is 1.44. The molecule has 1 saturated heterocycles. The lowest BCUT2D eigenvalue weighted by Gasteiger charge is -2.21. The van der Waals surface area contributed by atoms with E-state index in [0.29, 0.717) is 11.7 Å². The van der Waals surface area contributed by atoms with E-state index in [1.807, 2.05) is 10.3 Å². The van der Waals surface area contributed by atoms with Gasteiger partial charge in [0.2, 0.25) is 5.91 Å². The first-order chi connectivity index (χ1) is 12.0. The normalized spacial score (nSPS) is 17.8. The van der Waals surface area contributed by atoms with Crippen molar-refractivity contribution in [1.29, 1.82) is 0 Å². The molecular formula is C19H25N3O2S. The third-order valence-electron chi connectivity index (χ3n) is 4.92. The van der Waals surface area contributed by atoms with Gasteiger partial charge >= 0.3 is 0 Å². The quantitative estimate of drug-likeness (QED) is 0.861. The fraction of sp³-hybridized carbons (Fsp3) is 0.474. The van der Waals surface area contributed by atoms with E-state index in [9.17, 15) is 9.90 Å². The highest BCUT2D eigenvalue weighted by Gasteiger charge is 2.25. The number of anilines is 1. The summed E-state index contributed by atoms with van der Waals surface area (Å²) in [5.41, 5.74) is 5.71. The van der Waals surface area contributed by atoms with Crippen LogP contribution in [0, 0.1) is 20.8 Å². The van der Waals surface area contributed by atoms with Gasteiger partial charge in [0.25, 0.3) is 0 Å². The Morgan fingerprint density at radius 1 is 1.32 bits per heavy atom. The topological polar surface area (TPSA) is 65.5 Å². The molecule has 3 rings (SSSR count). The van der Waals surface area contributed by atoms with Crippen LogP contribution < -0.4 is 5.32 Å². The Hall–Kier alpha value is -1.76. The molecule has 1 amide bonds. The van der Waals surface area contributed by atoms with Crippen molar-refractivity contribution >= 4 is 22.4 Å². The number of aryl methyl sites for hydroxylation is 3. The lowest BCUT2D eigenvalue weighted by molar-refractivity contribution is -0.117. The first kappa shape index (κ1) is 18.0. The third-order valence-corrected chi connectivity index (χ3v) is 5.68. The Morgan fingerprint density at radius 2 is 2.08 bits per heavy atom. The van der Waals surface area contributed by atoms with Gasteiger partial charge in [0.05, 0.1) is 18.8 Å². The minimum Gasteiger partial charge on any atom is -0.395 e. The van der Waals surface area contributed by atoms with Crippen molar-refractivity contribution in [3.05, 3.63) is 34.2 Å². The van der Waals surface area contributed by atoms with E-state index in [-0.39, 0.29) is 18.6 Å². The number of benzene rings is 1. The van der Waals surface area contributed by atoms with E-state index in [2.05, 4.69) is 43.2 Å². The van der Waals surface area contributed by atoms with Crippen molar-refractivity contribution in [2.45, 2.75) is 39.7 Å². The first-order valence-electron chi connectivity index (χ1n) is 8.66. The Labute approximate surface area is 152 Å². The van der Waals surface area contributed by atoms with Crippen LogP contribution in [-0.2, 0) is 4.79 Å². The standard InChI is InChI=1S/C19H25N3O2S/c1-12-7-14(3)16(8-13(12)2)17-11-25-19(20-17)21-18(24)9-22-6-4-5-15(22)10-23/h7-8,11,15,23H,4-6,9-10H2,1-3H3,(H,20,21,24)/t15-/m0/s1. The molecule has 1 aromatic heterocycles. The van der Waals surface area contributed by atoms with E-state index in [4.69, 9.17) is 0 Å². The summed E-state index contributed by atoms with van der Waals surface area (Å²) in [6, 6.07) is 4.43. The molecule has 2 N–H and O–H groups in total. The van der Waals surface area contributed by atoms with Crippen LogP contribution in [0.1, 0.15) is 29.5 Å². The number of aromatic nitrogens is 1. The number of aliphatic hydroxyl groups excluding tert-OH is 1. The summed E-state index contributed by atoms with van der Waals surface area (Å²) in [7, 11) is 0. The average Bonchev–Trinajstić information content (AvgIpc) is 3.20. The van der Waals surface area contributed by atoms with Crippen LogP contribution in [0.25, 0.3) is 11.3 Å². The molecule has 0 aliphatic carbocycles. The maximum atomic E-state index is 12.3. The molecule has 1 aliphatic heterocycles. The van der Waals surface area contributed by atoms with Gasteiger partial charge in [-0.2, -0.15) is 0 Å². The maximum absolute atomic E-state index is 12.3. The van der Waals surface area contributed by atoms with Gasteiger partial charge in [0.15, 0.2) is 5.13 Å². The van der Waals surface area contributed by atoms with E-state index in [1.165, 1.54) is 28.0 Å². The highest BCUT2D eigenvalue weighted by atomic mass is 32.1. The number of thiazole rings is 1. The van der Waals surface area contributed by atoms with Crippen LogP contribution in [0.15, 0.2) is 17.5 Å². The average molecular weight is 359 g/mol. The predicted molar refractivity (Wildman–Crippen MR) is 102 cm³/mol. The van der Waals surface area contributed by atoms with Crippen LogP contribution in [0.4, 0.5) is 5.13 Å². The number of rotatable bonds is 5. The molecular weight excluding hydrogens is 334 g/mol. The van der Waals surface area contributed by atoms with Crippen LogP contribution in [0.3, 0.4) is 0 Å². The van der Waals surface area contributed by atoms with Crippen molar-refractivity contribution in [3.63, 3.8) is 0 Å². The molecule has 6 heteroatoms. The molecule has 0 radical (unpaired) electrons. The van der Waals surface area contributed by atoms with Crippen molar-refractivity contribution in [2.75, 3.05) is 25.0 Å². The summed E-state index contributed by atoms with van der Waals surface area (Å²) in [5, 5.41) is 14.9. The SMILES string of the molecule is Cc1cc(C)c(-c2csc(NC(=O)CN3CCC[C@H]3CO)n2)cc1C. The summed E-state index contributed by atoms with van der Waals surface area (Å²) in [6.07, 6.45) is 1.99. The van der Waals surface area contributed by atoms with Crippen LogP contribution in [0.5, 0.6) is 0 Å². The van der Waals surface area contributed by atoms with Crippen LogP contribution in [-0.4, -0.2) is 46.6 Å². The largest absolute Gasteiger partial charge is 0.395 e. The molecule has 2 aromatic rings. The number of aliphatic hydroxyl groups is 1. The second-order valence-corrected chi connectivity index (χ2v) is 7.64. The number of likely N-dealkylation sites (tertiary alicyclic amines) is 1. The van der Waals surface area contributed by atoms with Gasteiger partial charge in [-0.05, 0) is 62.9 Å². The summed E-state index contributed by atoms with van der Waals surface area (Å²) in [5.74, 6) is -0.0712. The number of amides is 1. The Balaban J connectivity index is 1.68. The lowest BCUT2D eigenvalue weighted by Crippen LogP contribution is -2.38. The molecule has 0 spiro atoms. The smallest absolute Gasteiger partial charge is 0.240 e. The highest BCUT2D eigenvalue weighted by molar-refractivity contribution is 7.14. The number of hydrogen-bond acceptors (Lipinski definition) is 5. The van der Waals surface area contributed by atoms with Crippen molar-refractivity contribution in [3.8, 4) is 11.3 Å². The van der Waals surface area contributed by atoms with Gasteiger partial charge < -0.3 is 10.4 Å². The van der Waals surface area contributed by atoms with E-state index < -0.39 is 0 Å². The molecule has 25 heavy (non-hydrogen) atoms. The molecule has 1 atom stereocenters. The maximum Gasteiger partial charge on any atom is 0.240 e. The van der Waals surface area contributed by atoms with Gasteiger partial charge in [-0.1, -0.05) is 6.07 Å². The molecule has 134 valence electrons. The second-order valence-electron chi connectivity index (χ2n) is 6.79. The fourth-order valence-corrected chi connectivity index (χ4v) is 4.07. The monoisotopic (exact) mass is 359 g/mol. The minimum atomic E-state index is -0.0712. The van der Waals surface area contributed by atoms with E-state index in [1.54, 1.807) is 0 Å². The van der Waals surface area contributed by atoms with Crippen molar-refractivity contribution in [2.24, 2.45) is 0 Å². The summed E-state index contributed by atoms with van der Waals surface area (Å²) < 4.78 is 0. The van der Waals surface area contributed by atoms with Crippen molar-refractivity contribution < 1.29 is 9.90 Å². The zero-order valence-corrected chi connectivity index (χ0v) is 15.8. The zero-order valence-electron chi connectivity index (χ0n) is 15.0. The summed E-state index contributed by atoms with van der Waals surface area (Å²) in [4.78, 5) is 18.9. The van der Waals surface area contributed by atoms with E-state index >= 15 is 0 Å². The van der Waals surface area contributed by atoms with Gasteiger partial charge in [0, 0.05) is 17.0 Å². The number of carbonyl (C=O) groups is 1. The fourth-order valence-electron chi connectivity index (χ4n) is 3.34. The first-order valence-corrected chi connectivity index (χ1v) is 9.54. The van der Waals surface area contributed by atoms with Gasteiger partial charge in [-0.25, -0.2) is 4.98 Å². The summed E-state index contributed by atoms with van der Waals surface area (Å²) in [6.45, 7) is 7.58.